The SMILES string of the molecule is O=P(c1ccc(-c2cc(N(c3ccccc3)c3ccccc3)cc(N(c3ccccc3)c3ccccc3)c2)cc1)=S(=S)=S. The molecule has 0 saturated heterocycles. The zero-order chi connectivity index (χ0) is 29.6. The average Bonchev–Trinajstić information content (AvgIpc) is 3.07. The van der Waals surface area contributed by atoms with Crippen molar-refractivity contribution in [3.8, 4) is 11.1 Å². The molecule has 0 amide bonds. The van der Waals surface area contributed by atoms with Gasteiger partial charge in [0.1, 0.15) is 0 Å². The second-order valence-electron chi connectivity index (χ2n) is 9.77. The van der Waals surface area contributed by atoms with Gasteiger partial charge in [-0.2, -0.15) is 0 Å². The summed E-state index contributed by atoms with van der Waals surface area (Å²) in [5.41, 5.74) is 8.26. The lowest BCUT2D eigenvalue weighted by Crippen LogP contribution is -2.13. The van der Waals surface area contributed by atoms with Crippen LogP contribution in [0.15, 0.2) is 164 Å². The van der Waals surface area contributed by atoms with Crippen LogP contribution >= 0.6 is 6.58 Å². The molecule has 0 aliphatic rings. The fourth-order valence-electron chi connectivity index (χ4n) is 5.08. The van der Waals surface area contributed by atoms with Crippen LogP contribution in [-0.4, -0.2) is 0 Å². The van der Waals surface area contributed by atoms with Crippen molar-refractivity contribution in [2.24, 2.45) is 0 Å². The minimum atomic E-state index is -1.78. The van der Waals surface area contributed by atoms with Crippen LogP contribution in [0.25, 0.3) is 11.1 Å². The Hall–Kier alpha value is -4.32. The van der Waals surface area contributed by atoms with Gasteiger partial charge in [-0.15, -0.1) is 0 Å². The van der Waals surface area contributed by atoms with Gasteiger partial charge < -0.3 is 9.80 Å². The van der Waals surface area contributed by atoms with Crippen molar-refractivity contribution in [3.05, 3.63) is 164 Å². The third-order valence-electron chi connectivity index (χ3n) is 7.02. The topological polar surface area (TPSA) is 23.6 Å². The second-order valence-corrected chi connectivity index (χ2v) is 17.4. The summed E-state index contributed by atoms with van der Waals surface area (Å²) in [5.74, 6) is 0. The maximum absolute atomic E-state index is 12.6. The molecule has 0 bridgehead atoms. The Morgan fingerprint density at radius 2 is 0.767 bits per heavy atom. The highest BCUT2D eigenvalue weighted by molar-refractivity contribution is 8.57. The molecule has 6 rings (SSSR count). The maximum atomic E-state index is 12.6. The molecular formula is C36H27N2OPS3. The minimum Gasteiger partial charge on any atom is -0.310 e. The molecule has 6 aromatic carbocycles. The Morgan fingerprint density at radius 3 is 1.09 bits per heavy atom. The monoisotopic (exact) mass is 630 g/mol. The van der Waals surface area contributed by atoms with E-state index in [1.807, 2.05) is 48.5 Å². The van der Waals surface area contributed by atoms with Crippen LogP contribution in [0, 0.1) is 0 Å². The summed E-state index contributed by atoms with van der Waals surface area (Å²) >= 11 is 10.3. The van der Waals surface area contributed by atoms with Crippen LogP contribution in [0.2, 0.25) is 0 Å². The predicted molar refractivity (Wildman–Crippen MR) is 191 cm³/mol. The van der Waals surface area contributed by atoms with Gasteiger partial charge in [0, 0.05) is 39.4 Å². The van der Waals surface area contributed by atoms with Crippen molar-refractivity contribution in [2.75, 3.05) is 9.80 Å². The highest BCUT2D eigenvalue weighted by Crippen LogP contribution is 2.42. The summed E-state index contributed by atoms with van der Waals surface area (Å²) in [5, 5.41) is 0.689. The Bertz CT molecular complexity index is 1840. The Morgan fingerprint density at radius 1 is 0.419 bits per heavy atom. The van der Waals surface area contributed by atoms with Crippen LogP contribution in [0.4, 0.5) is 34.1 Å². The van der Waals surface area contributed by atoms with Crippen molar-refractivity contribution >= 4 is 75.6 Å². The first-order valence-corrected chi connectivity index (χ1v) is 18.6. The van der Waals surface area contributed by atoms with E-state index < -0.39 is 13.8 Å². The molecule has 0 saturated carbocycles. The molecule has 1 atom stereocenters. The van der Waals surface area contributed by atoms with E-state index in [4.69, 9.17) is 22.4 Å². The second kappa shape index (κ2) is 13.3. The molecule has 0 heterocycles. The molecule has 0 aromatic heterocycles. The number of hydrogen-bond acceptors (Lipinski definition) is 5. The summed E-state index contributed by atoms with van der Waals surface area (Å²) < 4.78 is 12.6. The summed E-state index contributed by atoms with van der Waals surface area (Å²) in [4.78, 5) is 4.54. The van der Waals surface area contributed by atoms with Crippen molar-refractivity contribution in [2.45, 2.75) is 0 Å². The predicted octanol–water partition coefficient (Wildman–Crippen LogP) is 10.2. The summed E-state index contributed by atoms with van der Waals surface area (Å²) in [6.45, 7) is -1.78. The number of anilines is 6. The van der Waals surface area contributed by atoms with Gasteiger partial charge in [0.2, 0.25) is 0 Å². The summed E-state index contributed by atoms with van der Waals surface area (Å²) in [6.07, 6.45) is 0. The molecule has 1 unspecified atom stereocenters. The molecule has 6 aromatic rings. The van der Waals surface area contributed by atoms with Gasteiger partial charge in [-0.1, -0.05) is 84.9 Å². The van der Waals surface area contributed by atoms with Crippen LogP contribution in [0.3, 0.4) is 0 Å². The Balaban J connectivity index is 1.61. The van der Waals surface area contributed by atoms with E-state index in [9.17, 15) is 4.57 Å². The normalized spacial score (nSPS) is 11.0. The standard InChI is InChI=1S/C36H27N2OPS3/c39-40(43(41)42)36-23-21-28(22-24-36)29-25-34(37(30-13-5-1-6-14-30)31-15-7-2-8-16-31)27-35(26-29)38(32-17-9-3-10-18-32)33-19-11-4-12-20-33/h1-27H. The molecule has 0 aliphatic heterocycles. The maximum Gasteiger partial charge on any atom is 0.198 e. The number of hydrogen-bond donors (Lipinski definition) is 0. The van der Waals surface area contributed by atoms with Gasteiger partial charge in [-0.3, -0.25) is 4.57 Å². The zero-order valence-electron chi connectivity index (χ0n) is 23.1. The van der Waals surface area contributed by atoms with Crippen molar-refractivity contribution in [1.82, 2.24) is 0 Å². The van der Waals surface area contributed by atoms with Gasteiger partial charge >= 0.3 is 0 Å². The van der Waals surface area contributed by atoms with Crippen molar-refractivity contribution < 1.29 is 4.57 Å². The van der Waals surface area contributed by atoms with Crippen molar-refractivity contribution in [3.63, 3.8) is 0 Å². The number of para-hydroxylation sites is 4. The van der Waals surface area contributed by atoms with Gasteiger partial charge in [0.25, 0.3) is 0 Å². The molecule has 0 spiro atoms. The summed E-state index contributed by atoms with van der Waals surface area (Å²) in [7, 11) is -1.00. The Labute approximate surface area is 263 Å². The molecule has 0 radical (unpaired) electrons. The molecular weight excluding hydrogens is 604 g/mol. The Kier molecular flexibility index (Phi) is 8.92. The van der Waals surface area contributed by atoms with E-state index in [-0.39, 0.29) is 0 Å². The average molecular weight is 631 g/mol. The van der Waals surface area contributed by atoms with Crippen LogP contribution < -0.4 is 15.1 Å². The van der Waals surface area contributed by atoms with Gasteiger partial charge in [-0.25, -0.2) is 0 Å². The molecule has 0 N–H and O–H groups in total. The number of rotatable bonds is 8. The molecule has 43 heavy (non-hydrogen) atoms. The molecule has 7 heteroatoms. The first-order valence-electron chi connectivity index (χ1n) is 13.7. The fourth-order valence-corrected chi connectivity index (χ4v) is 8.08. The van der Waals surface area contributed by atoms with E-state index in [0.717, 1.165) is 45.3 Å². The van der Waals surface area contributed by atoms with E-state index >= 15 is 0 Å². The molecule has 210 valence electrons. The number of benzene rings is 6. The lowest BCUT2D eigenvalue weighted by atomic mass is 10.0. The number of nitrogens with zero attached hydrogens (tertiary/aromatic N) is 2. The van der Waals surface area contributed by atoms with Crippen LogP contribution in [-0.2, 0) is 34.1 Å². The lowest BCUT2D eigenvalue weighted by Gasteiger charge is -2.30. The zero-order valence-corrected chi connectivity index (χ0v) is 26.4. The molecule has 0 aliphatic carbocycles. The quantitative estimate of drug-likeness (QED) is 0.156. The fraction of sp³-hybridized carbons (Fsp3) is 0. The highest BCUT2D eigenvalue weighted by atomic mass is 33.2. The van der Waals surface area contributed by atoms with E-state index in [1.165, 1.54) is 0 Å². The largest absolute Gasteiger partial charge is 0.310 e. The van der Waals surface area contributed by atoms with Crippen LogP contribution in [0.1, 0.15) is 0 Å². The van der Waals surface area contributed by atoms with E-state index in [1.54, 1.807) is 0 Å². The third-order valence-corrected chi connectivity index (χ3v) is 11.9. The highest BCUT2D eigenvalue weighted by Gasteiger charge is 2.19. The first-order chi connectivity index (χ1) is 21.1. The summed E-state index contributed by atoms with van der Waals surface area (Å²) in [6, 6.07) is 56.0. The van der Waals surface area contributed by atoms with Gasteiger partial charge in [0.05, 0.1) is 0 Å². The van der Waals surface area contributed by atoms with E-state index in [2.05, 4.69) is 125 Å². The van der Waals surface area contributed by atoms with Gasteiger partial charge in [-0.05, 0) is 120 Å². The lowest BCUT2D eigenvalue weighted by molar-refractivity contribution is 0.602. The third kappa shape index (κ3) is 6.53. The molecule has 3 nitrogen and oxygen atoms in total. The minimum absolute atomic E-state index is 0.689. The van der Waals surface area contributed by atoms with Crippen LogP contribution in [0.5, 0.6) is 0 Å². The van der Waals surface area contributed by atoms with Gasteiger partial charge in [0.15, 0.2) is 6.58 Å². The van der Waals surface area contributed by atoms with E-state index in [0.29, 0.717) is 5.30 Å². The first kappa shape index (κ1) is 28.8. The molecule has 0 fully saturated rings. The van der Waals surface area contributed by atoms with Crippen molar-refractivity contribution in [1.29, 1.82) is 0 Å². The smallest absolute Gasteiger partial charge is 0.198 e.